The Morgan fingerprint density at radius 1 is 1.20 bits per heavy atom. The molecule has 15 heavy (non-hydrogen) atoms. The van der Waals surface area contributed by atoms with Gasteiger partial charge in [0.15, 0.2) is 5.58 Å². The lowest BCUT2D eigenvalue weighted by Crippen LogP contribution is -1.80. The third-order valence-electron chi connectivity index (χ3n) is 2.77. The zero-order valence-corrected chi connectivity index (χ0v) is 8.53. The first kappa shape index (κ1) is 8.48. The Balaban J connectivity index is 2.56. The lowest BCUT2D eigenvalue weighted by atomic mass is 10.1. The fourth-order valence-corrected chi connectivity index (χ4v) is 2.05. The number of nitrogens with zero attached hydrogens (tertiary/aromatic N) is 1. The van der Waals surface area contributed by atoms with Crippen molar-refractivity contribution in [2.24, 2.45) is 0 Å². The molecule has 0 spiro atoms. The van der Waals surface area contributed by atoms with E-state index in [9.17, 15) is 0 Å². The molecule has 0 radical (unpaired) electrons. The predicted octanol–water partition coefficient (Wildman–Crippen LogP) is 3.54. The van der Waals surface area contributed by atoms with Crippen molar-refractivity contribution in [3.05, 3.63) is 42.2 Å². The summed E-state index contributed by atoms with van der Waals surface area (Å²) in [6, 6.07) is 8.21. The Hall–Kier alpha value is -1.83. The van der Waals surface area contributed by atoms with Crippen LogP contribution in [0.5, 0.6) is 0 Å². The Labute approximate surface area is 87.5 Å². The van der Waals surface area contributed by atoms with Gasteiger partial charge in [-0.1, -0.05) is 19.1 Å². The lowest BCUT2D eigenvalue weighted by Gasteiger charge is -1.97. The van der Waals surface area contributed by atoms with Crippen molar-refractivity contribution in [1.29, 1.82) is 0 Å². The largest absolute Gasteiger partial charge is 0.454 e. The third-order valence-corrected chi connectivity index (χ3v) is 2.77. The molecule has 3 aromatic rings. The maximum Gasteiger partial charge on any atom is 0.153 e. The smallest absolute Gasteiger partial charge is 0.153 e. The molecule has 0 aliphatic heterocycles. The van der Waals surface area contributed by atoms with Gasteiger partial charge in [-0.2, -0.15) is 0 Å². The zero-order chi connectivity index (χ0) is 10.3. The molecule has 0 amide bonds. The van der Waals surface area contributed by atoms with Crippen LogP contribution in [0.1, 0.15) is 12.5 Å². The van der Waals surface area contributed by atoms with E-state index < -0.39 is 0 Å². The lowest BCUT2D eigenvalue weighted by molar-refractivity contribution is 0.666. The van der Waals surface area contributed by atoms with Crippen molar-refractivity contribution in [1.82, 2.24) is 4.98 Å². The molecule has 0 saturated carbocycles. The van der Waals surface area contributed by atoms with Crippen LogP contribution in [0.15, 0.2) is 41.1 Å². The fraction of sp³-hybridized carbons (Fsp3) is 0.154. The summed E-state index contributed by atoms with van der Waals surface area (Å²) in [5.74, 6) is 0. The molecule has 0 aliphatic rings. The molecule has 1 aromatic carbocycles. The maximum atomic E-state index is 5.73. The molecule has 0 saturated heterocycles. The predicted molar refractivity (Wildman–Crippen MR) is 60.9 cm³/mol. The molecule has 0 unspecified atom stereocenters. The first-order valence-corrected chi connectivity index (χ1v) is 5.14. The van der Waals surface area contributed by atoms with Crippen LogP contribution in [0.25, 0.3) is 21.9 Å². The van der Waals surface area contributed by atoms with Gasteiger partial charge in [-0.3, -0.25) is 4.98 Å². The van der Waals surface area contributed by atoms with E-state index in [1.54, 1.807) is 6.20 Å². The fourth-order valence-electron chi connectivity index (χ4n) is 2.05. The second-order valence-corrected chi connectivity index (χ2v) is 3.62. The zero-order valence-electron chi connectivity index (χ0n) is 8.53. The Kier molecular flexibility index (Phi) is 1.75. The van der Waals surface area contributed by atoms with Crippen molar-refractivity contribution < 1.29 is 4.42 Å². The van der Waals surface area contributed by atoms with Crippen molar-refractivity contribution in [2.45, 2.75) is 13.3 Å². The van der Waals surface area contributed by atoms with Crippen LogP contribution < -0.4 is 0 Å². The summed E-state index contributed by atoms with van der Waals surface area (Å²) in [6.45, 7) is 2.16. The molecule has 0 fully saturated rings. The number of fused-ring (bicyclic) bond motifs is 3. The molecule has 2 aromatic heterocycles. The van der Waals surface area contributed by atoms with Gasteiger partial charge in [0, 0.05) is 17.0 Å². The Morgan fingerprint density at radius 2 is 2.13 bits per heavy atom. The van der Waals surface area contributed by atoms with E-state index in [1.165, 1.54) is 10.9 Å². The van der Waals surface area contributed by atoms with Crippen LogP contribution in [0.2, 0.25) is 0 Å². The summed E-state index contributed by atoms with van der Waals surface area (Å²) >= 11 is 0. The van der Waals surface area contributed by atoms with Crippen molar-refractivity contribution >= 4 is 21.9 Å². The average Bonchev–Trinajstić information content (AvgIpc) is 2.67. The number of furan rings is 1. The first-order valence-electron chi connectivity index (χ1n) is 5.14. The molecule has 2 heteroatoms. The molecule has 2 nitrogen and oxygen atoms in total. The molecular weight excluding hydrogens is 186 g/mol. The van der Waals surface area contributed by atoms with Gasteiger partial charge >= 0.3 is 0 Å². The summed E-state index contributed by atoms with van der Waals surface area (Å²) in [6.07, 6.45) is 4.60. The van der Waals surface area contributed by atoms with Crippen LogP contribution in [0, 0.1) is 0 Å². The van der Waals surface area contributed by atoms with Gasteiger partial charge in [0.1, 0.15) is 5.58 Å². The second kappa shape index (κ2) is 3.09. The summed E-state index contributed by atoms with van der Waals surface area (Å²) in [5.41, 5.74) is 3.16. The summed E-state index contributed by atoms with van der Waals surface area (Å²) in [7, 11) is 0. The highest BCUT2D eigenvalue weighted by atomic mass is 16.3. The van der Waals surface area contributed by atoms with Gasteiger partial charge in [0.05, 0.1) is 6.20 Å². The van der Waals surface area contributed by atoms with Crippen LogP contribution in [0.4, 0.5) is 0 Å². The number of rotatable bonds is 1. The van der Waals surface area contributed by atoms with E-state index >= 15 is 0 Å². The molecular formula is C13H11NO. The van der Waals surface area contributed by atoms with Crippen molar-refractivity contribution in [3.63, 3.8) is 0 Å². The molecule has 0 N–H and O–H groups in total. The highest BCUT2D eigenvalue weighted by molar-refractivity contribution is 6.06. The molecule has 3 rings (SSSR count). The van der Waals surface area contributed by atoms with Gasteiger partial charge in [0.25, 0.3) is 0 Å². The molecule has 0 aliphatic carbocycles. The van der Waals surface area contributed by atoms with E-state index in [4.69, 9.17) is 4.42 Å². The van der Waals surface area contributed by atoms with Crippen LogP contribution in [-0.2, 0) is 6.42 Å². The van der Waals surface area contributed by atoms with Crippen LogP contribution >= 0.6 is 0 Å². The minimum Gasteiger partial charge on any atom is -0.454 e. The number of aryl methyl sites for hydroxylation is 1. The van der Waals surface area contributed by atoms with Gasteiger partial charge in [-0.05, 0) is 24.1 Å². The van der Waals surface area contributed by atoms with Gasteiger partial charge in [-0.15, -0.1) is 0 Å². The van der Waals surface area contributed by atoms with E-state index in [2.05, 4.69) is 18.0 Å². The topological polar surface area (TPSA) is 26.0 Å². The van der Waals surface area contributed by atoms with Crippen LogP contribution in [0.3, 0.4) is 0 Å². The molecule has 0 bridgehead atoms. The molecule has 74 valence electrons. The highest BCUT2D eigenvalue weighted by Gasteiger charge is 2.08. The SMILES string of the molecule is CCc1cccc2oc3cnccc3c12. The summed E-state index contributed by atoms with van der Waals surface area (Å²) in [5, 5.41) is 2.40. The summed E-state index contributed by atoms with van der Waals surface area (Å²) < 4.78 is 5.73. The number of aromatic nitrogens is 1. The Bertz CT molecular complexity index is 625. The molecule has 0 atom stereocenters. The van der Waals surface area contributed by atoms with E-state index in [0.717, 1.165) is 23.0 Å². The third kappa shape index (κ3) is 1.14. The van der Waals surface area contributed by atoms with E-state index in [0.29, 0.717) is 0 Å². The first-order chi connectivity index (χ1) is 7.40. The van der Waals surface area contributed by atoms with Crippen LogP contribution in [-0.4, -0.2) is 4.98 Å². The second-order valence-electron chi connectivity index (χ2n) is 3.62. The highest BCUT2D eigenvalue weighted by Crippen LogP contribution is 2.30. The van der Waals surface area contributed by atoms with E-state index in [1.807, 2.05) is 24.4 Å². The van der Waals surface area contributed by atoms with Gasteiger partial charge in [-0.25, -0.2) is 0 Å². The van der Waals surface area contributed by atoms with E-state index in [-0.39, 0.29) is 0 Å². The number of pyridine rings is 1. The van der Waals surface area contributed by atoms with Gasteiger partial charge < -0.3 is 4.42 Å². The number of benzene rings is 1. The minimum atomic E-state index is 0.869. The normalized spacial score (nSPS) is 11.3. The van der Waals surface area contributed by atoms with Gasteiger partial charge in [0.2, 0.25) is 0 Å². The van der Waals surface area contributed by atoms with Crippen molar-refractivity contribution in [2.75, 3.05) is 0 Å². The number of hydrogen-bond acceptors (Lipinski definition) is 2. The molecule has 2 heterocycles. The maximum absolute atomic E-state index is 5.73. The average molecular weight is 197 g/mol. The minimum absolute atomic E-state index is 0.869. The number of hydrogen-bond donors (Lipinski definition) is 0. The Morgan fingerprint density at radius 3 is 3.00 bits per heavy atom. The standard InChI is InChI=1S/C13H11NO/c1-2-9-4-3-5-11-13(9)10-6-7-14-8-12(10)15-11/h3-8H,2H2,1H3. The summed E-state index contributed by atoms with van der Waals surface area (Å²) in [4.78, 5) is 4.07. The quantitative estimate of drug-likeness (QED) is 0.596. The monoisotopic (exact) mass is 197 g/mol. The van der Waals surface area contributed by atoms with Crippen molar-refractivity contribution in [3.8, 4) is 0 Å².